The number of carbonyl (C=O) groups is 2. The number of nitrogens with zero attached hydrogens (tertiary/aromatic N) is 2. The fraction of sp³-hybridized carbons (Fsp3) is 0.350. The Morgan fingerprint density at radius 2 is 1.88 bits per heavy atom. The Labute approximate surface area is 153 Å². The fourth-order valence-electron chi connectivity index (χ4n) is 3.18. The fourth-order valence-corrected chi connectivity index (χ4v) is 3.18. The molecule has 1 saturated heterocycles. The first-order valence-corrected chi connectivity index (χ1v) is 8.92. The number of piperidine rings is 1. The van der Waals surface area contributed by atoms with Crippen molar-refractivity contribution in [3.05, 3.63) is 59.9 Å². The van der Waals surface area contributed by atoms with Crippen LogP contribution in [-0.2, 0) is 11.3 Å². The molecule has 2 amide bonds. The summed E-state index contributed by atoms with van der Waals surface area (Å²) in [6, 6.07) is 13.8. The number of amides is 2. The average molecular weight is 352 g/mol. The Morgan fingerprint density at radius 3 is 2.58 bits per heavy atom. The van der Waals surface area contributed by atoms with Gasteiger partial charge < -0.3 is 15.5 Å². The minimum atomic E-state index is -0.177. The molecule has 1 aromatic carbocycles. The molecule has 1 fully saturated rings. The predicted octanol–water partition coefficient (Wildman–Crippen LogP) is 2.12. The monoisotopic (exact) mass is 352 g/mol. The molecule has 26 heavy (non-hydrogen) atoms. The second kappa shape index (κ2) is 8.47. The van der Waals surface area contributed by atoms with E-state index in [9.17, 15) is 9.59 Å². The molecule has 0 spiro atoms. The normalized spacial score (nSPS) is 14.7. The van der Waals surface area contributed by atoms with Crippen LogP contribution in [0.5, 0.6) is 0 Å². The third kappa shape index (κ3) is 4.81. The van der Waals surface area contributed by atoms with Crippen molar-refractivity contribution in [3.63, 3.8) is 0 Å². The lowest BCUT2D eigenvalue weighted by Gasteiger charge is -2.33. The van der Waals surface area contributed by atoms with Gasteiger partial charge in [-0.1, -0.05) is 30.3 Å². The van der Waals surface area contributed by atoms with Gasteiger partial charge in [0, 0.05) is 44.5 Å². The van der Waals surface area contributed by atoms with E-state index in [0.29, 0.717) is 12.2 Å². The Bertz CT molecular complexity index is 755. The second-order valence-electron chi connectivity index (χ2n) is 6.53. The molecule has 0 unspecified atom stereocenters. The summed E-state index contributed by atoms with van der Waals surface area (Å²) in [7, 11) is 0. The number of aromatic nitrogens is 1. The number of carbonyl (C=O) groups excluding carboxylic acids is 2. The molecule has 1 aliphatic heterocycles. The predicted molar refractivity (Wildman–Crippen MR) is 101 cm³/mol. The van der Waals surface area contributed by atoms with Crippen LogP contribution in [-0.4, -0.2) is 35.9 Å². The summed E-state index contributed by atoms with van der Waals surface area (Å²) in [5.41, 5.74) is 2.46. The summed E-state index contributed by atoms with van der Waals surface area (Å²) in [4.78, 5) is 30.0. The maximum Gasteiger partial charge on any atom is 0.270 e. The van der Waals surface area contributed by atoms with E-state index < -0.39 is 0 Å². The molecule has 6 nitrogen and oxygen atoms in total. The van der Waals surface area contributed by atoms with E-state index in [4.69, 9.17) is 0 Å². The first kappa shape index (κ1) is 17.9. The molecule has 0 saturated carbocycles. The van der Waals surface area contributed by atoms with Crippen molar-refractivity contribution in [1.29, 1.82) is 0 Å². The second-order valence-corrected chi connectivity index (χ2v) is 6.53. The molecule has 1 aromatic heterocycles. The van der Waals surface area contributed by atoms with Crippen molar-refractivity contribution >= 4 is 17.5 Å². The van der Waals surface area contributed by atoms with Crippen LogP contribution in [0.2, 0.25) is 0 Å². The highest BCUT2D eigenvalue weighted by Crippen LogP contribution is 2.20. The highest BCUT2D eigenvalue weighted by Gasteiger charge is 2.20. The summed E-state index contributed by atoms with van der Waals surface area (Å²) >= 11 is 0. The molecule has 0 aliphatic carbocycles. The van der Waals surface area contributed by atoms with Gasteiger partial charge in [0.25, 0.3) is 5.91 Å². The number of benzene rings is 1. The maximum atomic E-state index is 12.4. The van der Waals surface area contributed by atoms with Crippen molar-refractivity contribution in [2.45, 2.75) is 32.4 Å². The van der Waals surface area contributed by atoms with Gasteiger partial charge in [0.1, 0.15) is 5.69 Å². The molecule has 3 rings (SSSR count). The molecule has 2 N–H and O–H groups in total. The zero-order valence-corrected chi connectivity index (χ0v) is 14.9. The zero-order valence-electron chi connectivity index (χ0n) is 14.9. The first-order valence-electron chi connectivity index (χ1n) is 8.92. The van der Waals surface area contributed by atoms with E-state index in [-0.39, 0.29) is 17.9 Å². The van der Waals surface area contributed by atoms with Gasteiger partial charge in [-0.05, 0) is 30.5 Å². The average Bonchev–Trinajstić information content (AvgIpc) is 2.67. The highest BCUT2D eigenvalue weighted by atomic mass is 16.2. The van der Waals surface area contributed by atoms with Crippen LogP contribution in [0.15, 0.2) is 48.7 Å². The molecule has 0 radical (unpaired) electrons. The Morgan fingerprint density at radius 1 is 1.15 bits per heavy atom. The van der Waals surface area contributed by atoms with Gasteiger partial charge in [-0.25, -0.2) is 0 Å². The highest BCUT2D eigenvalue weighted by molar-refractivity contribution is 5.93. The van der Waals surface area contributed by atoms with Crippen molar-refractivity contribution in [1.82, 2.24) is 15.6 Å². The zero-order chi connectivity index (χ0) is 18.4. The SMILES string of the molecule is CC(=O)NC1CCN(c2ccnc(C(=O)NCc3ccccc3)c2)CC1. The Hall–Kier alpha value is -2.89. The van der Waals surface area contributed by atoms with Crippen LogP contribution >= 0.6 is 0 Å². The third-order valence-electron chi connectivity index (χ3n) is 4.54. The van der Waals surface area contributed by atoms with Crippen molar-refractivity contribution in [2.75, 3.05) is 18.0 Å². The summed E-state index contributed by atoms with van der Waals surface area (Å²) in [6.45, 7) is 3.73. The van der Waals surface area contributed by atoms with E-state index in [0.717, 1.165) is 37.2 Å². The molecule has 6 heteroatoms. The van der Waals surface area contributed by atoms with Crippen molar-refractivity contribution in [3.8, 4) is 0 Å². The smallest absolute Gasteiger partial charge is 0.270 e. The van der Waals surface area contributed by atoms with Gasteiger partial charge in [-0.3, -0.25) is 14.6 Å². The number of hydrogen-bond donors (Lipinski definition) is 2. The summed E-state index contributed by atoms with van der Waals surface area (Å²) in [5.74, 6) is -0.159. The quantitative estimate of drug-likeness (QED) is 0.864. The summed E-state index contributed by atoms with van der Waals surface area (Å²) in [5, 5.41) is 5.88. The van der Waals surface area contributed by atoms with Crippen molar-refractivity contribution < 1.29 is 9.59 Å². The number of nitrogens with one attached hydrogen (secondary N) is 2. The largest absolute Gasteiger partial charge is 0.371 e. The number of rotatable bonds is 5. The topological polar surface area (TPSA) is 74.3 Å². The van der Waals surface area contributed by atoms with Crippen LogP contribution in [0.4, 0.5) is 5.69 Å². The molecule has 2 heterocycles. The first-order chi connectivity index (χ1) is 12.6. The van der Waals surface area contributed by atoms with Crippen LogP contribution in [0.25, 0.3) is 0 Å². The summed E-state index contributed by atoms with van der Waals surface area (Å²) < 4.78 is 0. The van der Waals surface area contributed by atoms with Crippen LogP contribution < -0.4 is 15.5 Å². The van der Waals surface area contributed by atoms with Gasteiger partial charge in [-0.15, -0.1) is 0 Å². The molecular weight excluding hydrogens is 328 g/mol. The lowest BCUT2D eigenvalue weighted by Crippen LogP contribution is -2.44. The lowest BCUT2D eigenvalue weighted by atomic mass is 10.0. The molecule has 1 aliphatic rings. The van der Waals surface area contributed by atoms with Crippen LogP contribution in [0.1, 0.15) is 35.8 Å². The standard InChI is InChI=1S/C20H24N4O2/c1-15(25)23-17-8-11-24(12-9-17)18-7-10-21-19(13-18)20(26)22-14-16-5-3-2-4-6-16/h2-7,10,13,17H,8-9,11-12,14H2,1H3,(H,22,26)(H,23,25). The van der Waals surface area contributed by atoms with Crippen LogP contribution in [0, 0.1) is 0 Å². The van der Waals surface area contributed by atoms with E-state index >= 15 is 0 Å². The van der Waals surface area contributed by atoms with E-state index in [1.54, 1.807) is 13.1 Å². The molecular formula is C20H24N4O2. The van der Waals surface area contributed by atoms with Gasteiger partial charge in [0.05, 0.1) is 0 Å². The Kier molecular flexibility index (Phi) is 5.84. The van der Waals surface area contributed by atoms with Gasteiger partial charge in [0.15, 0.2) is 0 Å². The number of hydrogen-bond acceptors (Lipinski definition) is 4. The molecule has 0 atom stereocenters. The van der Waals surface area contributed by atoms with Crippen LogP contribution in [0.3, 0.4) is 0 Å². The van der Waals surface area contributed by atoms with E-state index in [1.807, 2.05) is 42.5 Å². The maximum absolute atomic E-state index is 12.4. The molecule has 0 bridgehead atoms. The number of pyridine rings is 1. The van der Waals surface area contributed by atoms with Gasteiger partial charge >= 0.3 is 0 Å². The minimum absolute atomic E-state index is 0.0183. The van der Waals surface area contributed by atoms with E-state index in [2.05, 4.69) is 20.5 Å². The van der Waals surface area contributed by atoms with E-state index in [1.165, 1.54) is 0 Å². The molecule has 2 aromatic rings. The summed E-state index contributed by atoms with van der Waals surface area (Å²) in [6.07, 6.45) is 3.47. The number of anilines is 1. The molecule has 136 valence electrons. The van der Waals surface area contributed by atoms with Gasteiger partial charge in [0.2, 0.25) is 5.91 Å². The minimum Gasteiger partial charge on any atom is -0.371 e. The van der Waals surface area contributed by atoms with Crippen molar-refractivity contribution in [2.24, 2.45) is 0 Å². The third-order valence-corrected chi connectivity index (χ3v) is 4.54. The Balaban J connectivity index is 1.58. The van der Waals surface area contributed by atoms with Gasteiger partial charge in [-0.2, -0.15) is 0 Å². The lowest BCUT2D eigenvalue weighted by molar-refractivity contribution is -0.119.